The largest absolute Gasteiger partial charge is 0.480 e. The van der Waals surface area contributed by atoms with Gasteiger partial charge >= 0.3 is 5.97 Å². The third-order valence-electron chi connectivity index (χ3n) is 2.96. The highest BCUT2D eigenvalue weighted by atomic mass is 35.5. The average Bonchev–Trinajstić information content (AvgIpc) is 2.61. The van der Waals surface area contributed by atoms with Crippen LogP contribution >= 0.6 is 11.6 Å². The van der Waals surface area contributed by atoms with Crippen LogP contribution in [0.3, 0.4) is 0 Å². The molecule has 0 aliphatic carbocycles. The molecule has 0 radical (unpaired) electrons. The number of carboxylic acids is 1. The smallest absolute Gasteiger partial charge is 0.322 e. The number of hydrogen-bond donors (Lipinski definition) is 3. The molecule has 0 amide bonds. The van der Waals surface area contributed by atoms with E-state index in [9.17, 15) is 9.18 Å². The number of hydrazine groups is 1. The fourth-order valence-corrected chi connectivity index (χ4v) is 2.44. The number of nitrogens with one attached hydrogen (secondary N) is 2. The SMILES string of the molecule is CC1NNC(C(=O)O)C1c1c(F)cccc1Cl. The summed E-state index contributed by atoms with van der Waals surface area (Å²) in [4.78, 5) is 11.1. The van der Waals surface area contributed by atoms with E-state index in [4.69, 9.17) is 16.7 Å². The monoisotopic (exact) mass is 258 g/mol. The Hall–Kier alpha value is -1.17. The number of rotatable bonds is 2. The Balaban J connectivity index is 2.46. The molecule has 1 fully saturated rings. The molecule has 1 aliphatic rings. The third kappa shape index (κ3) is 2.13. The first-order chi connectivity index (χ1) is 8.02. The molecular weight excluding hydrogens is 247 g/mol. The summed E-state index contributed by atoms with van der Waals surface area (Å²) in [5.74, 6) is -2.06. The molecule has 1 aromatic carbocycles. The number of carbonyl (C=O) groups is 1. The molecule has 1 aliphatic heterocycles. The van der Waals surface area contributed by atoms with Gasteiger partial charge in [-0.2, -0.15) is 0 Å². The first kappa shape index (κ1) is 12.3. The van der Waals surface area contributed by atoms with Crippen LogP contribution in [0.25, 0.3) is 0 Å². The van der Waals surface area contributed by atoms with Crippen molar-refractivity contribution in [3.05, 3.63) is 34.6 Å². The predicted octanol–water partition coefficient (Wildman–Crippen LogP) is 1.51. The van der Waals surface area contributed by atoms with E-state index in [1.54, 1.807) is 13.0 Å². The maximum absolute atomic E-state index is 13.8. The van der Waals surface area contributed by atoms with Crippen LogP contribution in [-0.2, 0) is 4.79 Å². The van der Waals surface area contributed by atoms with E-state index in [-0.39, 0.29) is 16.6 Å². The van der Waals surface area contributed by atoms with Crippen LogP contribution in [0.1, 0.15) is 18.4 Å². The first-order valence-corrected chi connectivity index (χ1v) is 5.58. The average molecular weight is 259 g/mol. The van der Waals surface area contributed by atoms with Gasteiger partial charge in [0.2, 0.25) is 0 Å². The highest BCUT2D eigenvalue weighted by Crippen LogP contribution is 2.34. The summed E-state index contributed by atoms with van der Waals surface area (Å²) in [6.07, 6.45) is 0. The Morgan fingerprint density at radius 2 is 2.18 bits per heavy atom. The minimum atomic E-state index is -1.04. The second-order valence-electron chi connectivity index (χ2n) is 4.05. The second-order valence-corrected chi connectivity index (χ2v) is 4.46. The van der Waals surface area contributed by atoms with E-state index in [0.717, 1.165) is 0 Å². The van der Waals surface area contributed by atoms with Gasteiger partial charge in [0.15, 0.2) is 0 Å². The van der Waals surface area contributed by atoms with Crippen molar-refractivity contribution in [1.29, 1.82) is 0 Å². The van der Waals surface area contributed by atoms with E-state index in [2.05, 4.69) is 10.9 Å². The topological polar surface area (TPSA) is 61.4 Å². The highest BCUT2D eigenvalue weighted by Gasteiger charge is 2.41. The van der Waals surface area contributed by atoms with Gasteiger partial charge in [0.1, 0.15) is 11.9 Å². The van der Waals surface area contributed by atoms with Gasteiger partial charge < -0.3 is 5.11 Å². The van der Waals surface area contributed by atoms with Crippen LogP contribution < -0.4 is 10.9 Å². The molecular formula is C11H12ClFN2O2. The molecule has 0 saturated carbocycles. The molecule has 0 spiro atoms. The maximum Gasteiger partial charge on any atom is 0.322 e. The summed E-state index contributed by atoms with van der Waals surface area (Å²) < 4.78 is 13.8. The van der Waals surface area contributed by atoms with Gasteiger partial charge in [0, 0.05) is 22.5 Å². The van der Waals surface area contributed by atoms with Crippen molar-refractivity contribution in [3.8, 4) is 0 Å². The van der Waals surface area contributed by atoms with Crippen molar-refractivity contribution in [2.24, 2.45) is 0 Å². The van der Waals surface area contributed by atoms with Crippen molar-refractivity contribution in [1.82, 2.24) is 10.9 Å². The van der Waals surface area contributed by atoms with Gasteiger partial charge in [0.25, 0.3) is 0 Å². The Labute approximate surface area is 103 Å². The molecule has 2 rings (SSSR count). The van der Waals surface area contributed by atoms with Gasteiger partial charge in [-0.3, -0.25) is 10.2 Å². The summed E-state index contributed by atoms with van der Waals surface area (Å²) in [5.41, 5.74) is 5.67. The minimum absolute atomic E-state index is 0.217. The zero-order valence-corrected chi connectivity index (χ0v) is 9.83. The molecule has 3 unspecified atom stereocenters. The predicted molar refractivity (Wildman–Crippen MR) is 61.3 cm³/mol. The van der Waals surface area contributed by atoms with E-state index in [0.29, 0.717) is 0 Å². The quantitative estimate of drug-likeness (QED) is 0.753. The van der Waals surface area contributed by atoms with Crippen molar-refractivity contribution in [3.63, 3.8) is 0 Å². The van der Waals surface area contributed by atoms with Gasteiger partial charge in [-0.15, -0.1) is 0 Å². The van der Waals surface area contributed by atoms with Gasteiger partial charge in [0.05, 0.1) is 0 Å². The molecule has 0 aromatic heterocycles. The standard InChI is InChI=1S/C11H12ClFN2O2/c1-5-8(10(11(16)17)15-14-5)9-6(12)3-2-4-7(9)13/h2-5,8,10,14-15H,1H3,(H,16,17). The van der Waals surface area contributed by atoms with Crippen molar-refractivity contribution in [2.75, 3.05) is 0 Å². The van der Waals surface area contributed by atoms with Crippen LogP contribution in [0.5, 0.6) is 0 Å². The lowest BCUT2D eigenvalue weighted by Gasteiger charge is -2.20. The number of aliphatic carboxylic acids is 1. The number of benzene rings is 1. The van der Waals surface area contributed by atoms with Crippen molar-refractivity contribution >= 4 is 17.6 Å². The molecule has 1 heterocycles. The maximum atomic E-state index is 13.8. The summed E-state index contributed by atoms with van der Waals surface area (Å²) in [6.45, 7) is 1.78. The van der Waals surface area contributed by atoms with Gasteiger partial charge in [-0.05, 0) is 19.1 Å². The molecule has 3 atom stereocenters. The van der Waals surface area contributed by atoms with Crippen LogP contribution in [0.2, 0.25) is 5.02 Å². The van der Waals surface area contributed by atoms with Gasteiger partial charge in [-0.25, -0.2) is 9.82 Å². The fourth-order valence-electron chi connectivity index (χ4n) is 2.15. The Kier molecular flexibility index (Phi) is 3.33. The second kappa shape index (κ2) is 4.60. The molecule has 17 heavy (non-hydrogen) atoms. The van der Waals surface area contributed by atoms with Crippen LogP contribution in [0, 0.1) is 5.82 Å². The first-order valence-electron chi connectivity index (χ1n) is 5.20. The fraction of sp³-hybridized carbons (Fsp3) is 0.364. The molecule has 4 nitrogen and oxygen atoms in total. The van der Waals surface area contributed by atoms with Crippen molar-refractivity contribution < 1.29 is 14.3 Å². The molecule has 1 saturated heterocycles. The third-order valence-corrected chi connectivity index (χ3v) is 3.29. The molecule has 92 valence electrons. The summed E-state index contributed by atoms with van der Waals surface area (Å²) in [7, 11) is 0. The normalized spacial score (nSPS) is 28.3. The van der Waals surface area contributed by atoms with Crippen LogP contribution in [0.4, 0.5) is 4.39 Å². The molecule has 3 N–H and O–H groups in total. The lowest BCUT2D eigenvalue weighted by Crippen LogP contribution is -2.38. The van der Waals surface area contributed by atoms with E-state index in [1.807, 2.05) is 0 Å². The van der Waals surface area contributed by atoms with E-state index >= 15 is 0 Å². The molecule has 0 bridgehead atoms. The van der Waals surface area contributed by atoms with Crippen molar-refractivity contribution in [2.45, 2.75) is 24.9 Å². The zero-order chi connectivity index (χ0) is 12.6. The highest BCUT2D eigenvalue weighted by molar-refractivity contribution is 6.31. The lowest BCUT2D eigenvalue weighted by molar-refractivity contribution is -0.139. The Morgan fingerprint density at radius 1 is 1.47 bits per heavy atom. The number of hydrogen-bond acceptors (Lipinski definition) is 3. The van der Waals surface area contributed by atoms with E-state index < -0.39 is 23.7 Å². The molecule has 1 aromatic rings. The Bertz CT molecular complexity index is 435. The van der Waals surface area contributed by atoms with E-state index in [1.165, 1.54) is 12.1 Å². The summed E-state index contributed by atoms with van der Waals surface area (Å²) >= 11 is 5.96. The summed E-state index contributed by atoms with van der Waals surface area (Å²) in [6, 6.07) is 3.23. The van der Waals surface area contributed by atoms with Crippen LogP contribution in [-0.4, -0.2) is 23.2 Å². The molecule has 6 heteroatoms. The lowest BCUT2D eigenvalue weighted by atomic mass is 9.87. The number of halogens is 2. The Morgan fingerprint density at radius 3 is 2.76 bits per heavy atom. The van der Waals surface area contributed by atoms with Gasteiger partial charge in [-0.1, -0.05) is 17.7 Å². The summed E-state index contributed by atoms with van der Waals surface area (Å²) in [5, 5.41) is 9.33. The minimum Gasteiger partial charge on any atom is -0.480 e. The van der Waals surface area contributed by atoms with Crippen LogP contribution in [0.15, 0.2) is 18.2 Å². The zero-order valence-electron chi connectivity index (χ0n) is 9.08. The number of carboxylic acid groups (broad SMARTS) is 1.